The fourth-order valence-corrected chi connectivity index (χ4v) is 3.99. The molecule has 1 fully saturated rings. The van der Waals surface area contributed by atoms with Crippen LogP contribution in [-0.4, -0.2) is 51.6 Å². The smallest absolute Gasteiger partial charge is 0.317 e. The predicted molar refractivity (Wildman–Crippen MR) is 124 cm³/mol. The highest BCUT2D eigenvalue weighted by Gasteiger charge is 2.25. The van der Waals surface area contributed by atoms with Crippen LogP contribution in [0.15, 0.2) is 76.3 Å². The quantitative estimate of drug-likeness (QED) is 0.508. The van der Waals surface area contributed by atoms with Crippen molar-refractivity contribution in [3.63, 3.8) is 0 Å². The number of anilines is 1. The predicted octanol–water partition coefficient (Wildman–Crippen LogP) is 2.46. The maximum Gasteiger partial charge on any atom is 0.317 e. The van der Waals surface area contributed by atoms with Crippen LogP contribution in [0.25, 0.3) is 11.2 Å². The van der Waals surface area contributed by atoms with Crippen LogP contribution in [0, 0.1) is 0 Å². The number of furan rings is 1. The fourth-order valence-electron chi connectivity index (χ4n) is 3.99. The van der Waals surface area contributed by atoms with Crippen LogP contribution in [0.4, 0.5) is 10.6 Å². The Morgan fingerprint density at radius 3 is 2.58 bits per heavy atom. The van der Waals surface area contributed by atoms with E-state index in [2.05, 4.69) is 15.3 Å². The first-order valence-corrected chi connectivity index (χ1v) is 10.9. The Balaban J connectivity index is 1.34. The molecule has 0 unspecified atom stereocenters. The van der Waals surface area contributed by atoms with Gasteiger partial charge in [-0.1, -0.05) is 30.3 Å². The normalized spacial score (nSPS) is 13.9. The van der Waals surface area contributed by atoms with E-state index in [1.165, 1.54) is 0 Å². The average molecular weight is 444 g/mol. The van der Waals surface area contributed by atoms with Gasteiger partial charge in [-0.25, -0.2) is 14.8 Å². The van der Waals surface area contributed by atoms with Crippen LogP contribution in [0.3, 0.4) is 0 Å². The van der Waals surface area contributed by atoms with E-state index >= 15 is 0 Å². The van der Waals surface area contributed by atoms with Gasteiger partial charge in [0, 0.05) is 32.4 Å². The summed E-state index contributed by atoms with van der Waals surface area (Å²) in [7, 11) is 0. The third-order valence-electron chi connectivity index (χ3n) is 5.73. The Morgan fingerprint density at radius 2 is 1.82 bits per heavy atom. The maximum atomic E-state index is 13.5. The van der Waals surface area contributed by atoms with Gasteiger partial charge in [0.2, 0.25) is 0 Å². The van der Waals surface area contributed by atoms with E-state index in [0.29, 0.717) is 62.0 Å². The van der Waals surface area contributed by atoms with Crippen molar-refractivity contribution >= 4 is 23.0 Å². The molecule has 1 N–H and O–H groups in total. The summed E-state index contributed by atoms with van der Waals surface area (Å²) >= 11 is 0. The summed E-state index contributed by atoms with van der Waals surface area (Å²) in [5.74, 6) is 1.09. The van der Waals surface area contributed by atoms with E-state index in [-0.39, 0.29) is 11.6 Å². The molecule has 0 radical (unpaired) electrons. The van der Waals surface area contributed by atoms with E-state index in [1.807, 2.05) is 53.4 Å². The second kappa shape index (κ2) is 9.15. The number of nitrogens with one attached hydrogen (secondary N) is 1. The summed E-state index contributed by atoms with van der Waals surface area (Å²) in [6.45, 7) is 2.79. The van der Waals surface area contributed by atoms with Gasteiger partial charge in [0.15, 0.2) is 11.5 Å². The molecule has 0 bridgehead atoms. The van der Waals surface area contributed by atoms with Gasteiger partial charge < -0.3 is 19.5 Å². The lowest BCUT2D eigenvalue weighted by Crippen LogP contribution is -2.53. The molecule has 5 rings (SSSR count). The summed E-state index contributed by atoms with van der Waals surface area (Å²) in [4.78, 5) is 38.7. The average Bonchev–Trinajstić information content (AvgIpc) is 3.39. The minimum atomic E-state index is -0.180. The highest BCUT2D eigenvalue weighted by molar-refractivity contribution is 5.75. The number of benzene rings is 1. The molecule has 9 heteroatoms. The van der Waals surface area contributed by atoms with E-state index in [4.69, 9.17) is 4.42 Å². The molecule has 2 amide bonds. The zero-order valence-electron chi connectivity index (χ0n) is 18.1. The Hall–Kier alpha value is -4.14. The van der Waals surface area contributed by atoms with Crippen molar-refractivity contribution in [2.45, 2.75) is 13.1 Å². The van der Waals surface area contributed by atoms with Crippen LogP contribution in [0.5, 0.6) is 0 Å². The lowest BCUT2D eigenvalue weighted by atomic mass is 10.2. The molecule has 1 aromatic carbocycles. The number of rotatable bonds is 5. The minimum absolute atomic E-state index is 0.150. The maximum absolute atomic E-state index is 13.5. The van der Waals surface area contributed by atoms with Crippen molar-refractivity contribution in [3.05, 3.63) is 88.7 Å². The first-order valence-electron chi connectivity index (χ1n) is 10.9. The third-order valence-corrected chi connectivity index (χ3v) is 5.73. The molecule has 0 atom stereocenters. The molecule has 3 aromatic heterocycles. The Labute approximate surface area is 190 Å². The van der Waals surface area contributed by atoms with Crippen LogP contribution >= 0.6 is 0 Å². The monoisotopic (exact) mass is 444 g/mol. The van der Waals surface area contributed by atoms with Gasteiger partial charge >= 0.3 is 6.03 Å². The number of nitrogens with zero attached hydrogens (tertiary/aromatic N) is 5. The molecule has 168 valence electrons. The van der Waals surface area contributed by atoms with Crippen molar-refractivity contribution in [1.29, 1.82) is 0 Å². The van der Waals surface area contributed by atoms with Crippen LogP contribution < -0.4 is 15.8 Å². The number of fused-ring (bicyclic) bond motifs is 1. The van der Waals surface area contributed by atoms with Crippen molar-refractivity contribution in [3.8, 4) is 0 Å². The number of pyridine rings is 1. The molecule has 1 aliphatic heterocycles. The summed E-state index contributed by atoms with van der Waals surface area (Å²) in [6.07, 6.45) is 3.25. The Morgan fingerprint density at radius 1 is 1.00 bits per heavy atom. The van der Waals surface area contributed by atoms with Crippen molar-refractivity contribution in [2.75, 3.05) is 31.1 Å². The highest BCUT2D eigenvalue weighted by atomic mass is 16.3. The van der Waals surface area contributed by atoms with Crippen LogP contribution in [0.1, 0.15) is 11.3 Å². The first kappa shape index (κ1) is 20.7. The van der Waals surface area contributed by atoms with Gasteiger partial charge in [0.1, 0.15) is 11.3 Å². The number of aromatic nitrogens is 3. The lowest BCUT2D eigenvalue weighted by molar-refractivity contribution is 0.193. The number of piperazine rings is 1. The van der Waals surface area contributed by atoms with Crippen molar-refractivity contribution < 1.29 is 9.21 Å². The summed E-state index contributed by atoms with van der Waals surface area (Å²) < 4.78 is 6.93. The summed E-state index contributed by atoms with van der Waals surface area (Å²) in [5.41, 5.74) is 2.07. The molecule has 0 aliphatic carbocycles. The second-order valence-corrected chi connectivity index (χ2v) is 7.87. The zero-order valence-corrected chi connectivity index (χ0v) is 18.1. The molecule has 1 saturated heterocycles. The molecule has 4 heterocycles. The van der Waals surface area contributed by atoms with E-state index in [0.717, 1.165) is 5.56 Å². The number of hydrogen-bond acceptors (Lipinski definition) is 6. The van der Waals surface area contributed by atoms with Gasteiger partial charge in [0.05, 0.1) is 19.4 Å². The number of carbonyl (C=O) groups is 1. The summed E-state index contributed by atoms with van der Waals surface area (Å²) in [6, 6.07) is 17.0. The van der Waals surface area contributed by atoms with Gasteiger partial charge in [-0.15, -0.1) is 0 Å². The molecule has 1 aliphatic rings. The molecule has 9 nitrogen and oxygen atoms in total. The fraction of sp³-hybridized carbons (Fsp3) is 0.250. The molecule has 4 aromatic rings. The SMILES string of the molecule is O=C(NCc1ccco1)N1CCN(c2nc3cccnc3n(Cc3ccccc3)c2=O)CC1. The highest BCUT2D eigenvalue weighted by Crippen LogP contribution is 2.16. The third kappa shape index (κ3) is 4.43. The number of urea groups is 1. The van der Waals surface area contributed by atoms with Gasteiger partial charge in [-0.05, 0) is 29.8 Å². The lowest BCUT2D eigenvalue weighted by Gasteiger charge is -2.35. The van der Waals surface area contributed by atoms with E-state index in [1.54, 1.807) is 28.0 Å². The molecule has 33 heavy (non-hydrogen) atoms. The largest absolute Gasteiger partial charge is 0.467 e. The molecular formula is C24H24N6O3. The Kier molecular flexibility index (Phi) is 5.75. The topological polar surface area (TPSA) is 96.5 Å². The standard InChI is InChI=1S/C24H24N6O3/c31-23-22(28-11-13-29(14-12-28)24(32)26-16-19-8-5-15-33-19)27-20-9-4-10-25-21(20)30(23)17-18-6-2-1-3-7-18/h1-10,15H,11-14,16-17H2,(H,26,32). The zero-order chi connectivity index (χ0) is 22.6. The number of hydrogen-bond donors (Lipinski definition) is 1. The van der Waals surface area contributed by atoms with E-state index < -0.39 is 0 Å². The molecular weight excluding hydrogens is 420 g/mol. The van der Waals surface area contributed by atoms with Crippen LogP contribution in [0.2, 0.25) is 0 Å². The van der Waals surface area contributed by atoms with Gasteiger partial charge in [-0.3, -0.25) is 9.36 Å². The summed E-state index contributed by atoms with van der Waals surface area (Å²) in [5, 5.41) is 2.87. The second-order valence-electron chi connectivity index (χ2n) is 7.87. The number of carbonyl (C=O) groups excluding carboxylic acids is 1. The Bertz CT molecular complexity index is 1300. The van der Waals surface area contributed by atoms with E-state index in [9.17, 15) is 9.59 Å². The molecule has 0 spiro atoms. The minimum Gasteiger partial charge on any atom is -0.467 e. The van der Waals surface area contributed by atoms with Gasteiger partial charge in [-0.2, -0.15) is 0 Å². The first-order chi connectivity index (χ1) is 16.2. The van der Waals surface area contributed by atoms with Crippen LogP contribution in [-0.2, 0) is 13.1 Å². The molecule has 0 saturated carbocycles. The number of amides is 2. The van der Waals surface area contributed by atoms with Crippen molar-refractivity contribution in [2.24, 2.45) is 0 Å². The van der Waals surface area contributed by atoms with Crippen molar-refractivity contribution in [1.82, 2.24) is 24.8 Å². The van der Waals surface area contributed by atoms with Gasteiger partial charge in [0.25, 0.3) is 5.56 Å².